The van der Waals surface area contributed by atoms with Crippen LogP contribution >= 0.6 is 36.2 Å². The fraction of sp³-hybridized carbons (Fsp3) is 0.368. The Bertz CT molecular complexity index is 921. The molecule has 0 radical (unpaired) electrons. The third-order valence-electron chi connectivity index (χ3n) is 4.80. The normalized spacial score (nSPS) is 15.5. The first kappa shape index (κ1) is 21.1. The Balaban J connectivity index is 0.00000225. The summed E-state index contributed by atoms with van der Waals surface area (Å²) in [5.74, 6) is 0.0277. The number of piperazine rings is 1. The highest BCUT2D eigenvalue weighted by Crippen LogP contribution is 2.30. The number of nitrogens with zero attached hydrogens (tertiary/aromatic N) is 3. The van der Waals surface area contributed by atoms with Crippen molar-refractivity contribution in [3.63, 3.8) is 0 Å². The van der Waals surface area contributed by atoms with Crippen LogP contribution in [-0.2, 0) is 17.8 Å². The molecule has 3 aromatic rings. The van der Waals surface area contributed by atoms with Crippen LogP contribution in [0.3, 0.4) is 0 Å². The highest BCUT2D eigenvalue weighted by molar-refractivity contribution is 7.59. The number of hydrogen-bond donors (Lipinski definition) is 2. The summed E-state index contributed by atoms with van der Waals surface area (Å²) in [6.45, 7) is 2.87. The highest BCUT2D eigenvalue weighted by atomic mass is 32.1. The molecule has 1 atom stereocenters. The third-order valence-corrected chi connectivity index (χ3v) is 6.78. The Kier molecular flexibility index (Phi) is 6.95. The van der Waals surface area contributed by atoms with Gasteiger partial charge in [-0.1, -0.05) is 23.5 Å². The topological polar surface area (TPSA) is 82.7 Å². The molecule has 28 heavy (non-hydrogen) atoms. The number of nitrogens with two attached hydrogens (primary N) is 1. The second-order valence-corrected chi connectivity index (χ2v) is 8.70. The van der Waals surface area contributed by atoms with Crippen molar-refractivity contribution >= 4 is 57.4 Å². The van der Waals surface area contributed by atoms with Gasteiger partial charge in [-0.15, -0.1) is 11.3 Å². The maximum atomic E-state index is 12.6. The Morgan fingerprint density at radius 3 is 2.71 bits per heavy atom. The lowest BCUT2D eigenvalue weighted by Gasteiger charge is -2.35. The van der Waals surface area contributed by atoms with Gasteiger partial charge in [0.1, 0.15) is 0 Å². The number of aliphatic hydroxyl groups is 1. The molecule has 150 valence electrons. The van der Waals surface area contributed by atoms with E-state index in [-0.39, 0.29) is 26.0 Å². The summed E-state index contributed by atoms with van der Waals surface area (Å²) < 4.78 is 1.08. The van der Waals surface area contributed by atoms with Gasteiger partial charge in [0.2, 0.25) is 5.91 Å². The van der Waals surface area contributed by atoms with Crippen LogP contribution in [0, 0.1) is 0 Å². The number of benzene rings is 1. The maximum absolute atomic E-state index is 12.6. The largest absolute Gasteiger partial charge is 0.392 e. The lowest BCUT2D eigenvalue weighted by molar-refractivity contribution is -0.132. The molecule has 0 saturated carbocycles. The van der Waals surface area contributed by atoms with E-state index >= 15 is 0 Å². The van der Waals surface area contributed by atoms with Gasteiger partial charge in [0.05, 0.1) is 22.9 Å². The first-order chi connectivity index (χ1) is 13.1. The molecule has 0 aliphatic carbocycles. The van der Waals surface area contributed by atoms with Gasteiger partial charge < -0.3 is 20.6 Å². The van der Waals surface area contributed by atoms with E-state index in [1.165, 1.54) is 0 Å². The molecule has 1 amide bonds. The smallest absolute Gasteiger partial charge is 0.239 e. The second-order valence-electron chi connectivity index (χ2n) is 6.66. The average Bonchev–Trinajstić information content (AvgIpc) is 3.36. The van der Waals surface area contributed by atoms with Crippen LogP contribution in [0.15, 0.2) is 35.7 Å². The summed E-state index contributed by atoms with van der Waals surface area (Å²) in [6, 6.07) is 9.36. The number of anilines is 1. The van der Waals surface area contributed by atoms with Crippen LogP contribution in [0.1, 0.15) is 10.4 Å². The molecule has 3 heterocycles. The van der Waals surface area contributed by atoms with Crippen molar-refractivity contribution in [1.82, 2.24) is 9.88 Å². The second kappa shape index (κ2) is 9.23. The molecular formula is C19H24N4O2S3. The van der Waals surface area contributed by atoms with E-state index < -0.39 is 6.04 Å². The summed E-state index contributed by atoms with van der Waals surface area (Å²) in [5.41, 5.74) is 7.98. The van der Waals surface area contributed by atoms with Gasteiger partial charge in [0, 0.05) is 37.5 Å². The minimum Gasteiger partial charge on any atom is -0.392 e. The third kappa shape index (κ3) is 4.49. The van der Waals surface area contributed by atoms with Crippen LogP contribution in [0.5, 0.6) is 0 Å². The maximum Gasteiger partial charge on any atom is 0.239 e. The Morgan fingerprint density at radius 2 is 2.04 bits per heavy atom. The van der Waals surface area contributed by atoms with E-state index in [1.807, 2.05) is 40.6 Å². The predicted molar refractivity (Wildman–Crippen MR) is 121 cm³/mol. The standard InChI is InChI=1S/C19H22N4O2S2.H2S/c20-15(11-14-2-1-9-26-14)18(25)22-5-7-23(8-6-22)19-21-16-4-3-13(12-24)10-17(16)27-19;/h1-4,9-10,15,24H,5-8,11-12,20H2;1H2/t15-;/m0./s1. The van der Waals surface area contributed by atoms with Crippen LogP contribution in [0.4, 0.5) is 5.13 Å². The summed E-state index contributed by atoms with van der Waals surface area (Å²) in [5, 5.41) is 12.3. The summed E-state index contributed by atoms with van der Waals surface area (Å²) in [6.07, 6.45) is 0.599. The van der Waals surface area contributed by atoms with Crippen LogP contribution in [-0.4, -0.2) is 53.1 Å². The van der Waals surface area contributed by atoms with Gasteiger partial charge in [-0.2, -0.15) is 13.5 Å². The SMILES string of the molecule is N[C@@H](Cc1cccs1)C(=O)N1CCN(c2nc3ccc(CO)cc3s2)CC1.S. The Hall–Kier alpha value is -1.65. The number of hydrogen-bond acceptors (Lipinski definition) is 7. The Labute approximate surface area is 179 Å². The quantitative estimate of drug-likeness (QED) is 0.641. The zero-order chi connectivity index (χ0) is 18.8. The molecule has 2 aromatic heterocycles. The number of thiophene rings is 1. The zero-order valence-electron chi connectivity index (χ0n) is 15.4. The monoisotopic (exact) mass is 436 g/mol. The zero-order valence-corrected chi connectivity index (χ0v) is 18.0. The van der Waals surface area contributed by atoms with Crippen molar-refractivity contribution in [2.45, 2.75) is 19.1 Å². The predicted octanol–water partition coefficient (Wildman–Crippen LogP) is 2.18. The molecule has 0 spiro atoms. The molecule has 4 rings (SSSR count). The average molecular weight is 437 g/mol. The van der Waals surface area contributed by atoms with Crippen molar-refractivity contribution in [1.29, 1.82) is 0 Å². The van der Waals surface area contributed by atoms with Crippen molar-refractivity contribution in [3.8, 4) is 0 Å². The molecule has 1 saturated heterocycles. The molecular weight excluding hydrogens is 412 g/mol. The summed E-state index contributed by atoms with van der Waals surface area (Å²) in [4.78, 5) is 22.6. The number of aromatic nitrogens is 1. The molecule has 0 unspecified atom stereocenters. The number of thiazole rings is 1. The van der Waals surface area contributed by atoms with Crippen molar-refractivity contribution in [3.05, 3.63) is 46.2 Å². The van der Waals surface area contributed by atoms with Gasteiger partial charge in [-0.05, 0) is 29.1 Å². The molecule has 9 heteroatoms. The Morgan fingerprint density at radius 1 is 1.25 bits per heavy atom. The number of carbonyl (C=O) groups is 1. The van der Waals surface area contributed by atoms with E-state index in [0.717, 1.165) is 38.9 Å². The minimum atomic E-state index is -0.477. The number of amides is 1. The van der Waals surface area contributed by atoms with E-state index in [2.05, 4.69) is 4.90 Å². The van der Waals surface area contributed by atoms with Crippen LogP contribution < -0.4 is 10.6 Å². The first-order valence-corrected chi connectivity index (χ1v) is 10.7. The molecule has 1 aromatic carbocycles. The molecule has 0 bridgehead atoms. The summed E-state index contributed by atoms with van der Waals surface area (Å²) in [7, 11) is 0. The first-order valence-electron chi connectivity index (χ1n) is 8.96. The lowest BCUT2D eigenvalue weighted by atomic mass is 10.1. The molecule has 6 nitrogen and oxygen atoms in total. The van der Waals surface area contributed by atoms with E-state index in [9.17, 15) is 9.90 Å². The van der Waals surface area contributed by atoms with Gasteiger partial charge in [-0.25, -0.2) is 4.98 Å². The summed E-state index contributed by atoms with van der Waals surface area (Å²) >= 11 is 3.26. The van der Waals surface area contributed by atoms with E-state index in [4.69, 9.17) is 10.7 Å². The van der Waals surface area contributed by atoms with E-state index in [1.54, 1.807) is 22.7 Å². The minimum absolute atomic E-state index is 0. The number of aliphatic hydroxyl groups excluding tert-OH is 1. The number of carbonyl (C=O) groups excluding carboxylic acids is 1. The van der Waals surface area contributed by atoms with Crippen LogP contribution in [0.25, 0.3) is 10.2 Å². The van der Waals surface area contributed by atoms with Crippen LogP contribution in [0.2, 0.25) is 0 Å². The van der Waals surface area contributed by atoms with Gasteiger partial charge in [0.15, 0.2) is 5.13 Å². The molecule has 1 fully saturated rings. The number of rotatable bonds is 5. The van der Waals surface area contributed by atoms with Gasteiger partial charge >= 0.3 is 0 Å². The fourth-order valence-electron chi connectivity index (χ4n) is 3.28. The molecule has 1 aliphatic heterocycles. The fourth-order valence-corrected chi connectivity index (χ4v) is 5.12. The molecule has 3 N–H and O–H groups in total. The van der Waals surface area contributed by atoms with E-state index in [0.29, 0.717) is 19.5 Å². The van der Waals surface area contributed by atoms with Gasteiger partial charge in [-0.3, -0.25) is 4.79 Å². The highest BCUT2D eigenvalue weighted by Gasteiger charge is 2.26. The van der Waals surface area contributed by atoms with Crippen molar-refractivity contribution in [2.24, 2.45) is 5.73 Å². The number of fused-ring (bicyclic) bond motifs is 1. The van der Waals surface area contributed by atoms with Crippen molar-refractivity contribution < 1.29 is 9.90 Å². The van der Waals surface area contributed by atoms with Crippen molar-refractivity contribution in [2.75, 3.05) is 31.1 Å². The lowest BCUT2D eigenvalue weighted by Crippen LogP contribution is -2.53. The molecule has 1 aliphatic rings. The van der Waals surface area contributed by atoms with Gasteiger partial charge in [0.25, 0.3) is 0 Å².